The third-order valence-electron chi connectivity index (χ3n) is 5.28. The average Bonchev–Trinajstić information content (AvgIpc) is 2.73. The number of aryl methyl sites for hydroxylation is 1. The van der Waals surface area contributed by atoms with Crippen LogP contribution in [0.1, 0.15) is 48.7 Å². The Kier molecular flexibility index (Phi) is 6.71. The molecule has 0 fully saturated rings. The summed E-state index contributed by atoms with van der Waals surface area (Å²) in [5.41, 5.74) is 5.30. The van der Waals surface area contributed by atoms with Crippen molar-refractivity contribution in [2.75, 3.05) is 7.11 Å². The predicted octanol–water partition coefficient (Wildman–Crippen LogP) is 5.28. The van der Waals surface area contributed by atoms with Crippen molar-refractivity contribution in [3.05, 3.63) is 86.8 Å². The summed E-state index contributed by atoms with van der Waals surface area (Å²) in [4.78, 5) is 17.7. The minimum absolute atomic E-state index is 0.0175. The lowest BCUT2D eigenvalue weighted by Gasteiger charge is -2.19. The van der Waals surface area contributed by atoms with Crippen LogP contribution in [0.2, 0.25) is 0 Å². The molecule has 0 aliphatic heterocycles. The van der Waals surface area contributed by atoms with Crippen LogP contribution in [0.5, 0.6) is 5.75 Å². The van der Waals surface area contributed by atoms with Crippen molar-refractivity contribution in [2.24, 2.45) is 7.05 Å². The first kappa shape index (κ1) is 22.2. The van der Waals surface area contributed by atoms with E-state index in [1.165, 1.54) is 11.1 Å². The Morgan fingerprint density at radius 1 is 1.00 bits per heavy atom. The second-order valence-corrected chi connectivity index (χ2v) is 9.53. The molecule has 30 heavy (non-hydrogen) atoms. The molecule has 0 atom stereocenters. The van der Waals surface area contributed by atoms with Crippen molar-refractivity contribution < 1.29 is 4.74 Å². The molecule has 0 aliphatic carbocycles. The Morgan fingerprint density at radius 2 is 1.60 bits per heavy atom. The van der Waals surface area contributed by atoms with Crippen LogP contribution < -0.4 is 10.3 Å². The van der Waals surface area contributed by atoms with E-state index in [4.69, 9.17) is 9.72 Å². The zero-order valence-corrected chi connectivity index (χ0v) is 19.5. The van der Waals surface area contributed by atoms with Gasteiger partial charge in [0.05, 0.1) is 7.11 Å². The minimum atomic E-state index is 0.0175. The fourth-order valence-corrected chi connectivity index (χ4v) is 4.23. The zero-order valence-electron chi connectivity index (χ0n) is 18.7. The lowest BCUT2D eigenvalue weighted by Crippen LogP contribution is -2.25. The number of benzene rings is 2. The molecule has 0 radical (unpaired) electrons. The van der Waals surface area contributed by atoms with Gasteiger partial charge in [0, 0.05) is 30.5 Å². The highest BCUT2D eigenvalue weighted by molar-refractivity contribution is 7.98. The number of thioether (sulfide) groups is 1. The van der Waals surface area contributed by atoms with Crippen molar-refractivity contribution >= 4 is 11.8 Å². The van der Waals surface area contributed by atoms with E-state index in [1.807, 2.05) is 31.2 Å². The topological polar surface area (TPSA) is 44.1 Å². The fourth-order valence-electron chi connectivity index (χ4n) is 3.26. The van der Waals surface area contributed by atoms with E-state index < -0.39 is 0 Å². The van der Waals surface area contributed by atoms with Crippen molar-refractivity contribution in [3.63, 3.8) is 0 Å². The number of hydrogen-bond donors (Lipinski definition) is 0. The van der Waals surface area contributed by atoms with Crippen LogP contribution in [-0.4, -0.2) is 16.7 Å². The standard InChI is InChI=1S/C25H30N2O2S/c1-17-22(15-18-9-13-21(29-6)14-10-18)23(28)27(5)24(26-17)30-16-19-7-11-20(12-8-19)25(2,3)4/h7-14H,15-16H2,1-6H3. The number of hydrogen-bond acceptors (Lipinski definition) is 4. The van der Waals surface area contributed by atoms with Gasteiger partial charge in [-0.15, -0.1) is 0 Å². The Balaban J connectivity index is 1.76. The van der Waals surface area contributed by atoms with E-state index >= 15 is 0 Å². The number of aromatic nitrogens is 2. The van der Waals surface area contributed by atoms with Crippen LogP contribution >= 0.6 is 11.8 Å². The quantitative estimate of drug-likeness (QED) is 0.401. The van der Waals surface area contributed by atoms with E-state index in [2.05, 4.69) is 45.0 Å². The maximum absolute atomic E-state index is 13.0. The van der Waals surface area contributed by atoms with E-state index in [9.17, 15) is 4.79 Å². The van der Waals surface area contributed by atoms with Crippen LogP contribution in [-0.2, 0) is 24.6 Å². The molecule has 0 aliphatic rings. The highest BCUT2D eigenvalue weighted by Gasteiger charge is 2.15. The van der Waals surface area contributed by atoms with Gasteiger partial charge < -0.3 is 4.74 Å². The maximum Gasteiger partial charge on any atom is 0.257 e. The Hall–Kier alpha value is -2.53. The van der Waals surface area contributed by atoms with E-state index in [-0.39, 0.29) is 11.0 Å². The maximum atomic E-state index is 13.0. The van der Waals surface area contributed by atoms with Gasteiger partial charge >= 0.3 is 0 Å². The molecule has 2 aromatic carbocycles. The van der Waals surface area contributed by atoms with Crippen molar-refractivity contribution in [3.8, 4) is 5.75 Å². The van der Waals surface area contributed by atoms with Gasteiger partial charge in [-0.05, 0) is 41.2 Å². The fraction of sp³-hybridized carbons (Fsp3) is 0.360. The minimum Gasteiger partial charge on any atom is -0.497 e. The van der Waals surface area contributed by atoms with Gasteiger partial charge in [-0.1, -0.05) is 68.9 Å². The number of methoxy groups -OCH3 is 1. The van der Waals surface area contributed by atoms with Crippen LogP contribution in [0.3, 0.4) is 0 Å². The monoisotopic (exact) mass is 422 g/mol. The zero-order chi connectivity index (χ0) is 21.9. The lowest BCUT2D eigenvalue weighted by atomic mass is 9.87. The van der Waals surface area contributed by atoms with Gasteiger partial charge in [-0.3, -0.25) is 9.36 Å². The molecule has 3 aromatic rings. The summed E-state index contributed by atoms with van der Waals surface area (Å²) in [5.74, 6) is 1.59. The molecule has 0 saturated carbocycles. The SMILES string of the molecule is COc1ccc(Cc2c(C)nc(SCc3ccc(C(C)(C)C)cc3)n(C)c2=O)cc1. The molecule has 4 nitrogen and oxygen atoms in total. The van der Waals surface area contributed by atoms with Crippen molar-refractivity contribution in [2.45, 2.75) is 50.4 Å². The molecule has 0 unspecified atom stereocenters. The summed E-state index contributed by atoms with van der Waals surface area (Å²) in [7, 11) is 3.45. The first-order valence-corrected chi connectivity index (χ1v) is 11.1. The van der Waals surface area contributed by atoms with Crippen LogP contribution in [0.4, 0.5) is 0 Å². The van der Waals surface area contributed by atoms with Gasteiger partial charge in [0.1, 0.15) is 5.75 Å². The Labute approximate surface area is 183 Å². The largest absolute Gasteiger partial charge is 0.497 e. The molecular weight excluding hydrogens is 392 g/mol. The first-order valence-electron chi connectivity index (χ1n) is 10.1. The molecule has 0 spiro atoms. The van der Waals surface area contributed by atoms with Gasteiger partial charge in [0.25, 0.3) is 5.56 Å². The molecule has 158 valence electrons. The molecule has 5 heteroatoms. The molecule has 0 amide bonds. The second kappa shape index (κ2) is 9.09. The Bertz CT molecular complexity index is 1060. The van der Waals surface area contributed by atoms with Gasteiger partial charge in [0.2, 0.25) is 0 Å². The molecule has 1 aromatic heterocycles. The summed E-state index contributed by atoms with van der Waals surface area (Å²) in [5, 5.41) is 0.746. The van der Waals surface area contributed by atoms with Crippen LogP contribution in [0.15, 0.2) is 58.5 Å². The molecule has 3 rings (SSSR count). The molecule has 0 bridgehead atoms. The molecular formula is C25H30N2O2S. The first-order chi connectivity index (χ1) is 14.2. The number of ether oxygens (including phenoxy) is 1. The third-order valence-corrected chi connectivity index (χ3v) is 6.38. The van der Waals surface area contributed by atoms with Crippen molar-refractivity contribution in [1.29, 1.82) is 0 Å². The number of rotatable bonds is 6. The smallest absolute Gasteiger partial charge is 0.257 e. The predicted molar refractivity (Wildman–Crippen MR) is 125 cm³/mol. The summed E-state index contributed by atoms with van der Waals surface area (Å²) in [6.07, 6.45) is 0.564. The third kappa shape index (κ3) is 5.14. The lowest BCUT2D eigenvalue weighted by molar-refractivity contribution is 0.414. The summed E-state index contributed by atoms with van der Waals surface area (Å²) in [6.45, 7) is 8.56. The highest BCUT2D eigenvalue weighted by atomic mass is 32.2. The summed E-state index contributed by atoms with van der Waals surface area (Å²) >= 11 is 1.60. The molecule has 0 N–H and O–H groups in total. The second-order valence-electron chi connectivity index (χ2n) is 8.58. The highest BCUT2D eigenvalue weighted by Crippen LogP contribution is 2.25. The van der Waals surface area contributed by atoms with Crippen molar-refractivity contribution in [1.82, 2.24) is 9.55 Å². The van der Waals surface area contributed by atoms with Gasteiger partial charge in [0.15, 0.2) is 5.16 Å². The average molecular weight is 423 g/mol. The van der Waals surface area contributed by atoms with Crippen LogP contribution in [0, 0.1) is 6.92 Å². The van der Waals surface area contributed by atoms with Gasteiger partial charge in [-0.2, -0.15) is 0 Å². The molecule has 1 heterocycles. The Morgan fingerprint density at radius 3 is 2.17 bits per heavy atom. The van der Waals surface area contributed by atoms with E-state index in [1.54, 1.807) is 30.5 Å². The van der Waals surface area contributed by atoms with Gasteiger partial charge in [-0.25, -0.2) is 4.98 Å². The van der Waals surface area contributed by atoms with E-state index in [0.29, 0.717) is 6.42 Å². The normalized spacial score (nSPS) is 11.5. The van der Waals surface area contributed by atoms with E-state index in [0.717, 1.165) is 33.5 Å². The molecule has 0 saturated heterocycles. The number of nitrogens with zero attached hydrogens (tertiary/aromatic N) is 2. The summed E-state index contributed by atoms with van der Waals surface area (Å²) < 4.78 is 6.87. The summed E-state index contributed by atoms with van der Waals surface area (Å²) in [6, 6.07) is 16.5. The van der Waals surface area contributed by atoms with Crippen LogP contribution in [0.25, 0.3) is 0 Å².